The molecular formula is C13H11Cl2N3O. The number of nitrogens with zero attached hydrogens (tertiary/aromatic N) is 1. The number of nitrogens with one attached hydrogen (secondary N) is 2. The Labute approximate surface area is 120 Å². The van der Waals surface area contributed by atoms with Gasteiger partial charge in [-0.25, -0.2) is 0 Å². The molecule has 0 bridgehead atoms. The first-order valence-electron chi connectivity index (χ1n) is 5.54. The molecule has 0 fully saturated rings. The second kappa shape index (κ2) is 6.41. The molecule has 2 aromatic rings. The van der Waals surface area contributed by atoms with Crippen molar-refractivity contribution in [3.05, 3.63) is 58.3 Å². The Kier molecular flexibility index (Phi) is 4.60. The van der Waals surface area contributed by atoms with Gasteiger partial charge in [0.05, 0.1) is 22.2 Å². The average molecular weight is 296 g/mol. The standard InChI is InChI=1S/C13H11Cl2N3O/c14-10-7-16-8-11(15)13(10)18-17-12(19)6-9-4-2-1-3-5-9/h1-5,7-8H,6H2,(H,16,18)(H,17,19). The number of hydrogen-bond acceptors (Lipinski definition) is 3. The molecule has 0 saturated heterocycles. The Morgan fingerprint density at radius 2 is 1.74 bits per heavy atom. The van der Waals surface area contributed by atoms with Crippen molar-refractivity contribution in [1.82, 2.24) is 10.4 Å². The van der Waals surface area contributed by atoms with Crippen LogP contribution in [0, 0.1) is 0 Å². The van der Waals surface area contributed by atoms with Crippen LogP contribution in [0.15, 0.2) is 42.7 Å². The van der Waals surface area contributed by atoms with Crippen LogP contribution in [0.4, 0.5) is 5.69 Å². The summed E-state index contributed by atoms with van der Waals surface area (Å²) in [6.07, 6.45) is 3.16. The summed E-state index contributed by atoms with van der Waals surface area (Å²) in [5.74, 6) is -0.185. The number of hydrazine groups is 1. The SMILES string of the molecule is O=C(Cc1ccccc1)NNc1c(Cl)cncc1Cl. The van der Waals surface area contributed by atoms with E-state index in [1.807, 2.05) is 30.3 Å². The maximum atomic E-state index is 11.7. The Morgan fingerprint density at radius 3 is 2.37 bits per heavy atom. The number of halogens is 2. The van der Waals surface area contributed by atoms with E-state index in [-0.39, 0.29) is 12.3 Å². The Balaban J connectivity index is 1.94. The monoisotopic (exact) mass is 295 g/mol. The predicted molar refractivity (Wildman–Crippen MR) is 76.2 cm³/mol. The van der Waals surface area contributed by atoms with Crippen molar-refractivity contribution in [2.24, 2.45) is 0 Å². The number of hydrogen-bond donors (Lipinski definition) is 2. The van der Waals surface area contributed by atoms with Gasteiger partial charge < -0.3 is 0 Å². The molecule has 1 heterocycles. The third-order valence-corrected chi connectivity index (χ3v) is 2.96. The highest BCUT2D eigenvalue weighted by Gasteiger charge is 2.07. The van der Waals surface area contributed by atoms with E-state index in [1.54, 1.807) is 0 Å². The molecule has 0 radical (unpaired) electrons. The number of benzene rings is 1. The highest BCUT2D eigenvalue weighted by molar-refractivity contribution is 6.38. The summed E-state index contributed by atoms with van der Waals surface area (Å²) in [5.41, 5.74) is 6.60. The van der Waals surface area contributed by atoms with Crippen LogP contribution in [0.5, 0.6) is 0 Å². The molecule has 0 unspecified atom stereocenters. The molecule has 0 spiro atoms. The number of aromatic nitrogens is 1. The van der Waals surface area contributed by atoms with Gasteiger partial charge in [-0.05, 0) is 5.56 Å². The molecule has 2 rings (SSSR count). The van der Waals surface area contributed by atoms with E-state index in [1.165, 1.54) is 12.4 Å². The normalized spacial score (nSPS) is 10.0. The molecule has 0 atom stereocenters. The van der Waals surface area contributed by atoms with E-state index in [0.29, 0.717) is 15.7 Å². The lowest BCUT2D eigenvalue weighted by atomic mass is 10.1. The van der Waals surface area contributed by atoms with Gasteiger partial charge in [0.15, 0.2) is 0 Å². The van der Waals surface area contributed by atoms with E-state index in [2.05, 4.69) is 15.8 Å². The average Bonchev–Trinajstić information content (AvgIpc) is 2.39. The molecule has 0 aliphatic carbocycles. The van der Waals surface area contributed by atoms with Gasteiger partial charge in [0, 0.05) is 12.4 Å². The van der Waals surface area contributed by atoms with Crippen molar-refractivity contribution < 1.29 is 4.79 Å². The number of anilines is 1. The summed E-state index contributed by atoms with van der Waals surface area (Å²) in [6, 6.07) is 9.42. The summed E-state index contributed by atoms with van der Waals surface area (Å²) in [4.78, 5) is 15.6. The Morgan fingerprint density at radius 1 is 1.11 bits per heavy atom. The quantitative estimate of drug-likeness (QED) is 0.853. The van der Waals surface area contributed by atoms with Crippen molar-refractivity contribution in [3.63, 3.8) is 0 Å². The molecule has 2 N–H and O–H groups in total. The lowest BCUT2D eigenvalue weighted by molar-refractivity contribution is -0.119. The van der Waals surface area contributed by atoms with Gasteiger partial charge in [0.1, 0.15) is 0 Å². The van der Waals surface area contributed by atoms with Crippen molar-refractivity contribution in [1.29, 1.82) is 0 Å². The van der Waals surface area contributed by atoms with Gasteiger partial charge >= 0.3 is 0 Å². The summed E-state index contributed by atoms with van der Waals surface area (Å²) in [6.45, 7) is 0. The molecule has 98 valence electrons. The Bertz CT molecular complexity index is 555. The van der Waals surface area contributed by atoms with Gasteiger partial charge in [-0.3, -0.25) is 20.6 Å². The van der Waals surface area contributed by atoms with Crippen molar-refractivity contribution in [2.75, 3.05) is 5.43 Å². The highest BCUT2D eigenvalue weighted by Crippen LogP contribution is 2.27. The molecule has 1 aromatic heterocycles. The second-order valence-electron chi connectivity index (χ2n) is 3.81. The summed E-state index contributed by atoms with van der Waals surface area (Å²) in [5, 5.41) is 0.681. The van der Waals surface area contributed by atoms with Crippen LogP contribution in [0.2, 0.25) is 10.0 Å². The van der Waals surface area contributed by atoms with Gasteiger partial charge in [-0.1, -0.05) is 53.5 Å². The minimum Gasteiger partial charge on any atom is -0.295 e. The van der Waals surface area contributed by atoms with Crippen molar-refractivity contribution in [3.8, 4) is 0 Å². The van der Waals surface area contributed by atoms with Crippen LogP contribution in [0.25, 0.3) is 0 Å². The van der Waals surface area contributed by atoms with E-state index >= 15 is 0 Å². The van der Waals surface area contributed by atoms with Gasteiger partial charge in [0.2, 0.25) is 5.91 Å². The Hall–Kier alpha value is -1.78. The number of carbonyl (C=O) groups excluding carboxylic acids is 1. The number of amides is 1. The van der Waals surface area contributed by atoms with Crippen LogP contribution in [0.3, 0.4) is 0 Å². The first-order valence-corrected chi connectivity index (χ1v) is 6.30. The summed E-state index contributed by atoms with van der Waals surface area (Å²) in [7, 11) is 0. The van der Waals surface area contributed by atoms with E-state index in [4.69, 9.17) is 23.2 Å². The lowest BCUT2D eigenvalue weighted by Gasteiger charge is -2.11. The molecule has 0 saturated carbocycles. The topological polar surface area (TPSA) is 54.0 Å². The molecule has 19 heavy (non-hydrogen) atoms. The van der Waals surface area contributed by atoms with Crippen molar-refractivity contribution in [2.45, 2.75) is 6.42 Å². The summed E-state index contributed by atoms with van der Waals surface area (Å²) < 4.78 is 0. The number of pyridine rings is 1. The first-order chi connectivity index (χ1) is 9.16. The van der Waals surface area contributed by atoms with Crippen LogP contribution >= 0.6 is 23.2 Å². The zero-order chi connectivity index (χ0) is 13.7. The van der Waals surface area contributed by atoms with Crippen molar-refractivity contribution >= 4 is 34.8 Å². The van der Waals surface area contributed by atoms with Crippen LogP contribution in [-0.2, 0) is 11.2 Å². The molecule has 6 heteroatoms. The largest absolute Gasteiger partial charge is 0.295 e. The smallest absolute Gasteiger partial charge is 0.242 e. The molecular weight excluding hydrogens is 285 g/mol. The minimum absolute atomic E-state index is 0.185. The third-order valence-electron chi connectivity index (χ3n) is 2.39. The lowest BCUT2D eigenvalue weighted by Crippen LogP contribution is -2.31. The van der Waals surface area contributed by atoms with E-state index in [9.17, 15) is 4.79 Å². The van der Waals surface area contributed by atoms with E-state index < -0.39 is 0 Å². The fraction of sp³-hybridized carbons (Fsp3) is 0.0769. The van der Waals surface area contributed by atoms with Crippen LogP contribution in [-0.4, -0.2) is 10.9 Å². The fourth-order valence-corrected chi connectivity index (χ4v) is 1.95. The summed E-state index contributed by atoms with van der Waals surface area (Å²) >= 11 is 11.8. The zero-order valence-electron chi connectivity index (χ0n) is 9.86. The molecule has 1 amide bonds. The predicted octanol–water partition coefficient (Wildman–Crippen LogP) is 3.07. The van der Waals surface area contributed by atoms with Crippen LogP contribution in [0.1, 0.15) is 5.56 Å². The molecule has 4 nitrogen and oxygen atoms in total. The van der Waals surface area contributed by atoms with Crippen LogP contribution < -0.4 is 10.9 Å². The first kappa shape index (κ1) is 13.6. The fourth-order valence-electron chi connectivity index (χ4n) is 1.49. The molecule has 0 aliphatic rings. The second-order valence-corrected chi connectivity index (χ2v) is 4.63. The zero-order valence-corrected chi connectivity index (χ0v) is 11.4. The maximum absolute atomic E-state index is 11.7. The van der Waals surface area contributed by atoms with E-state index in [0.717, 1.165) is 5.56 Å². The van der Waals surface area contributed by atoms with Gasteiger partial charge in [0.25, 0.3) is 0 Å². The highest BCUT2D eigenvalue weighted by atomic mass is 35.5. The van der Waals surface area contributed by atoms with Gasteiger partial charge in [-0.2, -0.15) is 0 Å². The maximum Gasteiger partial charge on any atom is 0.242 e. The molecule has 0 aliphatic heterocycles. The minimum atomic E-state index is -0.185. The number of rotatable bonds is 4. The molecule has 1 aromatic carbocycles. The third kappa shape index (κ3) is 3.84. The van der Waals surface area contributed by atoms with Gasteiger partial charge in [-0.15, -0.1) is 0 Å². The number of carbonyl (C=O) groups is 1.